The molecule has 5 nitrogen and oxygen atoms in total. The third-order valence-electron chi connectivity index (χ3n) is 3.45. The SMILES string of the molecule is COc1cc(OC)cc([C@@H]2NC(=O)c3ccccc3N2)c1. The Morgan fingerprint density at radius 3 is 2.29 bits per heavy atom. The molecule has 1 aliphatic heterocycles. The number of para-hydroxylation sites is 1. The van der Waals surface area contributed by atoms with E-state index in [-0.39, 0.29) is 12.1 Å². The van der Waals surface area contributed by atoms with E-state index in [0.29, 0.717) is 17.1 Å². The zero-order valence-corrected chi connectivity index (χ0v) is 11.8. The van der Waals surface area contributed by atoms with E-state index >= 15 is 0 Å². The van der Waals surface area contributed by atoms with Crippen molar-refractivity contribution in [2.75, 3.05) is 19.5 Å². The lowest BCUT2D eigenvalue weighted by molar-refractivity contribution is 0.0935. The molecule has 0 radical (unpaired) electrons. The first-order valence-corrected chi connectivity index (χ1v) is 6.60. The van der Waals surface area contributed by atoms with Crippen molar-refractivity contribution in [1.82, 2.24) is 5.32 Å². The second kappa shape index (κ2) is 5.36. The molecule has 0 saturated heterocycles. The van der Waals surface area contributed by atoms with Crippen LogP contribution in [0.5, 0.6) is 11.5 Å². The van der Waals surface area contributed by atoms with Gasteiger partial charge in [0.25, 0.3) is 5.91 Å². The van der Waals surface area contributed by atoms with Crippen LogP contribution in [0.1, 0.15) is 22.1 Å². The number of amides is 1. The van der Waals surface area contributed by atoms with Gasteiger partial charge in [-0.1, -0.05) is 12.1 Å². The molecule has 0 spiro atoms. The van der Waals surface area contributed by atoms with Gasteiger partial charge in [0.05, 0.1) is 19.8 Å². The van der Waals surface area contributed by atoms with Crippen LogP contribution in [0.3, 0.4) is 0 Å². The molecule has 2 aromatic carbocycles. The average Bonchev–Trinajstić information content (AvgIpc) is 2.54. The Hall–Kier alpha value is -2.69. The summed E-state index contributed by atoms with van der Waals surface area (Å²) in [7, 11) is 3.20. The summed E-state index contributed by atoms with van der Waals surface area (Å²) in [5.41, 5.74) is 2.32. The van der Waals surface area contributed by atoms with E-state index in [9.17, 15) is 4.79 Å². The Bertz CT molecular complexity index is 663. The minimum atomic E-state index is -0.323. The number of fused-ring (bicyclic) bond motifs is 1. The first kappa shape index (κ1) is 13.3. The number of methoxy groups -OCH3 is 2. The lowest BCUT2D eigenvalue weighted by Gasteiger charge is -2.28. The number of hydrogen-bond donors (Lipinski definition) is 2. The van der Waals surface area contributed by atoms with Crippen molar-refractivity contribution in [1.29, 1.82) is 0 Å². The van der Waals surface area contributed by atoms with Crippen molar-refractivity contribution < 1.29 is 14.3 Å². The van der Waals surface area contributed by atoms with Crippen LogP contribution in [0.25, 0.3) is 0 Å². The topological polar surface area (TPSA) is 59.6 Å². The van der Waals surface area contributed by atoms with Crippen LogP contribution in [0.2, 0.25) is 0 Å². The molecule has 1 atom stereocenters. The minimum Gasteiger partial charge on any atom is -0.497 e. The van der Waals surface area contributed by atoms with Gasteiger partial charge < -0.3 is 20.1 Å². The highest BCUT2D eigenvalue weighted by Gasteiger charge is 2.24. The molecule has 1 aliphatic rings. The smallest absolute Gasteiger partial charge is 0.255 e. The van der Waals surface area contributed by atoms with Crippen molar-refractivity contribution in [3.8, 4) is 11.5 Å². The van der Waals surface area contributed by atoms with Crippen molar-refractivity contribution in [3.63, 3.8) is 0 Å². The van der Waals surface area contributed by atoms with Gasteiger partial charge >= 0.3 is 0 Å². The monoisotopic (exact) mass is 284 g/mol. The third-order valence-corrected chi connectivity index (χ3v) is 3.45. The van der Waals surface area contributed by atoms with Gasteiger partial charge in [-0.15, -0.1) is 0 Å². The molecule has 0 saturated carbocycles. The number of hydrogen-bond acceptors (Lipinski definition) is 4. The Balaban J connectivity index is 1.97. The van der Waals surface area contributed by atoms with E-state index in [1.807, 2.05) is 30.3 Å². The molecule has 1 amide bonds. The zero-order chi connectivity index (χ0) is 14.8. The summed E-state index contributed by atoms with van der Waals surface area (Å²) < 4.78 is 10.5. The Morgan fingerprint density at radius 1 is 0.952 bits per heavy atom. The van der Waals surface area contributed by atoms with E-state index < -0.39 is 0 Å². The van der Waals surface area contributed by atoms with Crippen LogP contribution in [0.15, 0.2) is 42.5 Å². The van der Waals surface area contributed by atoms with Crippen LogP contribution in [-0.4, -0.2) is 20.1 Å². The summed E-state index contributed by atoms with van der Waals surface area (Å²) >= 11 is 0. The molecular formula is C16H16N2O3. The van der Waals surface area contributed by atoms with Gasteiger partial charge in [0.1, 0.15) is 17.7 Å². The Labute approximate surface area is 122 Å². The number of carbonyl (C=O) groups is 1. The molecule has 0 fully saturated rings. The van der Waals surface area contributed by atoms with Gasteiger partial charge in [-0.2, -0.15) is 0 Å². The second-order valence-electron chi connectivity index (χ2n) is 4.74. The van der Waals surface area contributed by atoms with Gasteiger partial charge in [-0.25, -0.2) is 0 Å². The number of carbonyl (C=O) groups excluding carboxylic acids is 1. The summed E-state index contributed by atoms with van der Waals surface area (Å²) in [6, 6.07) is 13.0. The van der Waals surface area contributed by atoms with E-state index in [1.165, 1.54) is 0 Å². The lowest BCUT2D eigenvalue weighted by Crippen LogP contribution is -2.38. The van der Waals surface area contributed by atoms with Crippen LogP contribution >= 0.6 is 0 Å². The van der Waals surface area contributed by atoms with Gasteiger partial charge in [0.2, 0.25) is 0 Å². The minimum absolute atomic E-state index is 0.101. The fourth-order valence-electron chi connectivity index (χ4n) is 2.37. The zero-order valence-electron chi connectivity index (χ0n) is 11.8. The maximum atomic E-state index is 12.2. The molecule has 2 aromatic rings. The largest absolute Gasteiger partial charge is 0.497 e. The summed E-state index contributed by atoms with van der Waals surface area (Å²) in [5.74, 6) is 1.26. The molecule has 0 aromatic heterocycles. The van der Waals surface area contributed by atoms with Gasteiger partial charge in [-0.05, 0) is 24.3 Å². The Morgan fingerprint density at radius 2 is 1.62 bits per heavy atom. The molecular weight excluding hydrogens is 268 g/mol. The second-order valence-corrected chi connectivity index (χ2v) is 4.74. The number of rotatable bonds is 3. The van der Waals surface area contributed by atoms with Crippen molar-refractivity contribution in [2.45, 2.75) is 6.17 Å². The molecule has 1 heterocycles. The number of anilines is 1. The maximum Gasteiger partial charge on any atom is 0.255 e. The standard InChI is InChI=1S/C16H16N2O3/c1-20-11-7-10(8-12(9-11)21-2)15-17-14-6-4-3-5-13(14)16(19)18-15/h3-9,15,17H,1-2H3,(H,18,19)/t15-/m0/s1. The molecule has 0 bridgehead atoms. The molecule has 5 heteroatoms. The van der Waals surface area contributed by atoms with E-state index in [4.69, 9.17) is 9.47 Å². The maximum absolute atomic E-state index is 12.2. The molecule has 0 aliphatic carbocycles. The van der Waals surface area contributed by atoms with Gasteiger partial charge in [0.15, 0.2) is 0 Å². The van der Waals surface area contributed by atoms with E-state index in [0.717, 1.165) is 11.3 Å². The summed E-state index contributed by atoms with van der Waals surface area (Å²) in [6.45, 7) is 0. The highest BCUT2D eigenvalue weighted by Crippen LogP contribution is 2.30. The highest BCUT2D eigenvalue weighted by molar-refractivity contribution is 6.01. The predicted octanol–water partition coefficient (Wildman–Crippen LogP) is 2.56. The molecule has 0 unspecified atom stereocenters. The molecule has 3 rings (SSSR count). The highest BCUT2D eigenvalue weighted by atomic mass is 16.5. The number of benzene rings is 2. The van der Waals surface area contributed by atoms with Crippen molar-refractivity contribution in [2.24, 2.45) is 0 Å². The predicted molar refractivity (Wildman–Crippen MR) is 79.8 cm³/mol. The fourth-order valence-corrected chi connectivity index (χ4v) is 2.37. The van der Waals surface area contributed by atoms with Crippen molar-refractivity contribution >= 4 is 11.6 Å². The van der Waals surface area contributed by atoms with Crippen LogP contribution in [-0.2, 0) is 0 Å². The lowest BCUT2D eigenvalue weighted by atomic mass is 10.1. The average molecular weight is 284 g/mol. The number of ether oxygens (including phenoxy) is 2. The fraction of sp³-hybridized carbons (Fsp3) is 0.188. The van der Waals surface area contributed by atoms with Crippen LogP contribution in [0.4, 0.5) is 5.69 Å². The quantitative estimate of drug-likeness (QED) is 0.909. The van der Waals surface area contributed by atoms with Gasteiger partial charge in [0, 0.05) is 17.3 Å². The first-order chi connectivity index (χ1) is 10.2. The van der Waals surface area contributed by atoms with Crippen LogP contribution < -0.4 is 20.1 Å². The summed E-state index contributed by atoms with van der Waals surface area (Å²) in [4.78, 5) is 12.2. The van der Waals surface area contributed by atoms with Crippen molar-refractivity contribution in [3.05, 3.63) is 53.6 Å². The summed E-state index contributed by atoms with van der Waals surface area (Å²) in [5, 5.41) is 6.23. The molecule has 108 valence electrons. The molecule has 21 heavy (non-hydrogen) atoms. The molecule has 2 N–H and O–H groups in total. The van der Waals surface area contributed by atoms with Crippen LogP contribution in [0, 0.1) is 0 Å². The number of nitrogens with one attached hydrogen (secondary N) is 2. The first-order valence-electron chi connectivity index (χ1n) is 6.60. The van der Waals surface area contributed by atoms with E-state index in [1.54, 1.807) is 26.4 Å². The third kappa shape index (κ3) is 2.50. The summed E-state index contributed by atoms with van der Waals surface area (Å²) in [6.07, 6.45) is -0.323. The Kier molecular flexibility index (Phi) is 3.39. The normalized spacial score (nSPS) is 16.5. The van der Waals surface area contributed by atoms with E-state index in [2.05, 4.69) is 10.6 Å². The van der Waals surface area contributed by atoms with Gasteiger partial charge in [-0.3, -0.25) is 4.79 Å².